The van der Waals surface area contributed by atoms with E-state index >= 15 is 0 Å². The van der Waals surface area contributed by atoms with Gasteiger partial charge in [-0.2, -0.15) is 0 Å². The van der Waals surface area contributed by atoms with E-state index < -0.39 is 6.04 Å². The van der Waals surface area contributed by atoms with Gasteiger partial charge in [-0.25, -0.2) is 0 Å². The zero-order valence-electron chi connectivity index (χ0n) is 13.1. The van der Waals surface area contributed by atoms with Gasteiger partial charge in [0, 0.05) is 7.05 Å². The Balaban J connectivity index is 2.44. The molecule has 1 aromatic rings. The number of aryl methyl sites for hydroxylation is 1. The Hall–Kier alpha value is -1.55. The summed E-state index contributed by atoms with van der Waals surface area (Å²) in [6.45, 7) is 8.90. The van der Waals surface area contributed by atoms with Gasteiger partial charge in [-0.3, -0.25) is 4.79 Å². The normalized spacial score (nSPS) is 12.9. The standard InChI is InChI=1S/C16H26N2O2/c1-12-7-6-8-13(11-12)20-10-9-18(5)15(19)14(17)16(2,3)4/h6-8,11,14H,9-10,17H2,1-5H3/t14-/m1/s1. The first kappa shape index (κ1) is 16.5. The van der Waals surface area contributed by atoms with Crippen molar-refractivity contribution in [2.75, 3.05) is 20.2 Å². The van der Waals surface area contributed by atoms with Crippen LogP contribution in [0, 0.1) is 12.3 Å². The Labute approximate surface area is 121 Å². The number of nitrogens with zero attached hydrogens (tertiary/aromatic N) is 1. The molecule has 20 heavy (non-hydrogen) atoms. The monoisotopic (exact) mass is 278 g/mol. The lowest BCUT2D eigenvalue weighted by atomic mass is 9.86. The zero-order chi connectivity index (χ0) is 15.3. The zero-order valence-corrected chi connectivity index (χ0v) is 13.1. The summed E-state index contributed by atoms with van der Waals surface area (Å²) >= 11 is 0. The van der Waals surface area contributed by atoms with Crippen molar-refractivity contribution < 1.29 is 9.53 Å². The molecule has 112 valence electrons. The van der Waals surface area contributed by atoms with Crippen LogP contribution >= 0.6 is 0 Å². The van der Waals surface area contributed by atoms with Crippen molar-refractivity contribution in [3.05, 3.63) is 29.8 Å². The van der Waals surface area contributed by atoms with Gasteiger partial charge in [0.2, 0.25) is 5.91 Å². The van der Waals surface area contributed by atoms with E-state index in [1.165, 1.54) is 0 Å². The smallest absolute Gasteiger partial charge is 0.239 e. The number of amides is 1. The topological polar surface area (TPSA) is 55.6 Å². The lowest BCUT2D eigenvalue weighted by Gasteiger charge is -2.29. The average Bonchev–Trinajstić information content (AvgIpc) is 2.35. The van der Waals surface area contributed by atoms with E-state index in [9.17, 15) is 4.79 Å². The molecule has 0 radical (unpaired) electrons. The van der Waals surface area contributed by atoms with Crippen molar-refractivity contribution in [1.82, 2.24) is 4.90 Å². The summed E-state index contributed by atoms with van der Waals surface area (Å²) in [5, 5.41) is 0. The largest absolute Gasteiger partial charge is 0.492 e. The van der Waals surface area contributed by atoms with Crippen molar-refractivity contribution in [3.63, 3.8) is 0 Å². The number of rotatable bonds is 5. The number of likely N-dealkylation sites (N-methyl/N-ethyl adjacent to an activating group) is 1. The molecule has 0 aromatic heterocycles. The van der Waals surface area contributed by atoms with Crippen molar-refractivity contribution in [1.29, 1.82) is 0 Å². The fourth-order valence-electron chi connectivity index (χ4n) is 1.72. The van der Waals surface area contributed by atoms with Crippen LogP contribution in [-0.4, -0.2) is 37.0 Å². The third-order valence-electron chi connectivity index (χ3n) is 3.26. The van der Waals surface area contributed by atoms with Crippen LogP contribution in [0.4, 0.5) is 0 Å². The van der Waals surface area contributed by atoms with Crippen LogP contribution < -0.4 is 10.5 Å². The summed E-state index contributed by atoms with van der Waals surface area (Å²) in [5.41, 5.74) is 6.89. The Bertz CT molecular complexity index is 452. The molecule has 0 saturated carbocycles. The van der Waals surface area contributed by atoms with Crippen LogP contribution in [-0.2, 0) is 4.79 Å². The lowest BCUT2D eigenvalue weighted by Crippen LogP contribution is -2.49. The Morgan fingerprint density at radius 2 is 2.05 bits per heavy atom. The number of hydrogen-bond donors (Lipinski definition) is 1. The van der Waals surface area contributed by atoms with Crippen molar-refractivity contribution in [2.45, 2.75) is 33.7 Å². The molecule has 0 fully saturated rings. The first-order chi connectivity index (χ1) is 9.21. The summed E-state index contributed by atoms with van der Waals surface area (Å²) < 4.78 is 5.64. The highest BCUT2D eigenvalue weighted by Crippen LogP contribution is 2.18. The third-order valence-corrected chi connectivity index (χ3v) is 3.26. The predicted molar refractivity (Wildman–Crippen MR) is 81.7 cm³/mol. The van der Waals surface area contributed by atoms with Crippen LogP contribution in [0.5, 0.6) is 5.75 Å². The number of hydrogen-bond acceptors (Lipinski definition) is 3. The van der Waals surface area contributed by atoms with Gasteiger partial charge in [0.15, 0.2) is 0 Å². The van der Waals surface area contributed by atoms with Gasteiger partial charge < -0.3 is 15.4 Å². The fraction of sp³-hybridized carbons (Fsp3) is 0.562. The third kappa shape index (κ3) is 4.85. The van der Waals surface area contributed by atoms with Crippen molar-refractivity contribution in [2.24, 2.45) is 11.1 Å². The molecule has 1 aromatic carbocycles. The molecule has 0 saturated heterocycles. The van der Waals surface area contributed by atoms with Crippen LogP contribution in [0.3, 0.4) is 0 Å². The maximum atomic E-state index is 12.1. The summed E-state index contributed by atoms with van der Waals surface area (Å²) in [7, 11) is 1.76. The molecule has 0 heterocycles. The summed E-state index contributed by atoms with van der Waals surface area (Å²) in [6, 6.07) is 7.37. The van der Waals surface area contributed by atoms with Crippen LogP contribution in [0.15, 0.2) is 24.3 Å². The lowest BCUT2D eigenvalue weighted by molar-refractivity contribution is -0.133. The SMILES string of the molecule is Cc1cccc(OCCN(C)C(=O)[C@@H](N)C(C)(C)C)c1. The van der Waals surface area contributed by atoms with Gasteiger partial charge in [0.05, 0.1) is 12.6 Å². The van der Waals surface area contributed by atoms with Crippen molar-refractivity contribution in [3.8, 4) is 5.75 Å². The molecule has 4 heteroatoms. The Morgan fingerprint density at radius 1 is 1.40 bits per heavy atom. The predicted octanol–water partition coefficient (Wildman–Crippen LogP) is 2.21. The molecular weight excluding hydrogens is 252 g/mol. The number of ether oxygens (including phenoxy) is 1. The van der Waals surface area contributed by atoms with Crippen molar-refractivity contribution >= 4 is 5.91 Å². The van der Waals surface area contributed by atoms with E-state index in [2.05, 4.69) is 0 Å². The minimum atomic E-state index is -0.494. The minimum Gasteiger partial charge on any atom is -0.492 e. The number of carbonyl (C=O) groups is 1. The highest BCUT2D eigenvalue weighted by molar-refractivity contribution is 5.82. The molecule has 1 atom stereocenters. The van der Waals surface area contributed by atoms with E-state index in [1.807, 2.05) is 52.0 Å². The van der Waals surface area contributed by atoms with E-state index in [4.69, 9.17) is 10.5 Å². The maximum absolute atomic E-state index is 12.1. The molecule has 4 nitrogen and oxygen atoms in total. The molecule has 0 aliphatic rings. The van der Waals surface area contributed by atoms with E-state index in [1.54, 1.807) is 11.9 Å². The summed E-state index contributed by atoms with van der Waals surface area (Å²) in [5.74, 6) is 0.774. The molecule has 0 aliphatic heterocycles. The van der Waals surface area contributed by atoms with Gasteiger partial charge >= 0.3 is 0 Å². The van der Waals surface area contributed by atoms with Gasteiger partial charge in [-0.15, -0.1) is 0 Å². The maximum Gasteiger partial charge on any atom is 0.239 e. The van der Waals surface area contributed by atoms with Crippen LogP contribution in [0.1, 0.15) is 26.3 Å². The molecule has 0 aliphatic carbocycles. The molecule has 0 unspecified atom stereocenters. The number of carbonyl (C=O) groups excluding carboxylic acids is 1. The quantitative estimate of drug-likeness (QED) is 0.898. The second kappa shape index (κ2) is 6.75. The highest BCUT2D eigenvalue weighted by atomic mass is 16.5. The van der Waals surface area contributed by atoms with Crippen LogP contribution in [0.25, 0.3) is 0 Å². The second-order valence-electron chi connectivity index (χ2n) is 6.27. The molecular formula is C16H26N2O2. The highest BCUT2D eigenvalue weighted by Gasteiger charge is 2.29. The molecule has 2 N–H and O–H groups in total. The number of nitrogens with two attached hydrogens (primary N) is 1. The second-order valence-corrected chi connectivity index (χ2v) is 6.27. The molecule has 0 spiro atoms. The Morgan fingerprint density at radius 3 is 2.60 bits per heavy atom. The fourth-order valence-corrected chi connectivity index (χ4v) is 1.72. The first-order valence-electron chi connectivity index (χ1n) is 6.92. The van der Waals surface area contributed by atoms with Gasteiger partial charge in [-0.1, -0.05) is 32.9 Å². The molecule has 0 bridgehead atoms. The minimum absolute atomic E-state index is 0.0506. The number of benzene rings is 1. The Kier molecular flexibility index (Phi) is 5.57. The first-order valence-corrected chi connectivity index (χ1v) is 6.92. The average molecular weight is 278 g/mol. The summed E-state index contributed by atoms with van der Waals surface area (Å²) in [6.07, 6.45) is 0. The van der Waals surface area contributed by atoms with Gasteiger partial charge in [-0.05, 0) is 30.0 Å². The molecule has 1 amide bonds. The summed E-state index contributed by atoms with van der Waals surface area (Å²) in [4.78, 5) is 13.8. The van der Waals surface area contributed by atoms with Gasteiger partial charge in [0.25, 0.3) is 0 Å². The molecule has 1 rings (SSSR count). The van der Waals surface area contributed by atoms with E-state index in [0.29, 0.717) is 13.2 Å². The van der Waals surface area contributed by atoms with Gasteiger partial charge in [0.1, 0.15) is 12.4 Å². The van der Waals surface area contributed by atoms with E-state index in [-0.39, 0.29) is 11.3 Å². The van der Waals surface area contributed by atoms with E-state index in [0.717, 1.165) is 11.3 Å². The van der Waals surface area contributed by atoms with Crippen LogP contribution in [0.2, 0.25) is 0 Å².